The molecule has 2 unspecified atom stereocenters. The van der Waals surface area contributed by atoms with Gasteiger partial charge in [-0.25, -0.2) is 14.0 Å². The predicted octanol–water partition coefficient (Wildman–Crippen LogP) is 6.74. The van der Waals surface area contributed by atoms with Crippen molar-refractivity contribution in [2.75, 3.05) is 11.9 Å². The van der Waals surface area contributed by atoms with Crippen LogP contribution < -0.4 is 16.0 Å². The van der Waals surface area contributed by atoms with Gasteiger partial charge >= 0.3 is 11.9 Å². The second kappa shape index (κ2) is 14.3. The van der Waals surface area contributed by atoms with Gasteiger partial charge in [-0.05, 0) is 114 Å². The second-order valence-corrected chi connectivity index (χ2v) is 17.2. The fraction of sp³-hybridized carbons (Fsp3) is 0.370. The largest absolute Gasteiger partial charge is 0.478 e. The highest BCUT2D eigenvalue weighted by Gasteiger charge is 2.56. The van der Waals surface area contributed by atoms with Gasteiger partial charge in [0.05, 0.1) is 23.0 Å². The Morgan fingerprint density at radius 2 is 1.14 bits per heavy atom. The Morgan fingerprint density at radius 1 is 0.667 bits per heavy atom. The predicted molar refractivity (Wildman–Crippen MR) is 208 cm³/mol. The zero-order chi connectivity index (χ0) is 39.6. The number of hydrogen-bond donors (Lipinski definition) is 5. The number of amides is 3. The third-order valence-corrected chi connectivity index (χ3v) is 13.6. The minimum Gasteiger partial charge on any atom is -0.478 e. The summed E-state index contributed by atoms with van der Waals surface area (Å²) in [5.41, 5.74) is 3.23. The normalized spacial score (nSPS) is 27.8. The molecule has 4 aromatic rings. The maximum Gasteiger partial charge on any atom is 0.335 e. The second-order valence-electron chi connectivity index (χ2n) is 17.2. The Morgan fingerprint density at radius 3 is 1.63 bits per heavy atom. The molecule has 0 aliphatic heterocycles. The fourth-order valence-electron chi connectivity index (χ4n) is 11.7. The Labute approximate surface area is 329 Å². The summed E-state index contributed by atoms with van der Waals surface area (Å²) in [5, 5.41) is 28.2. The molecule has 7 aliphatic carbocycles. The minimum atomic E-state index is -1.40. The van der Waals surface area contributed by atoms with Gasteiger partial charge in [0.15, 0.2) is 0 Å². The van der Waals surface area contributed by atoms with Gasteiger partial charge in [-0.2, -0.15) is 0 Å². The van der Waals surface area contributed by atoms with E-state index < -0.39 is 59.3 Å². The Balaban J connectivity index is 1.07. The molecule has 4 aromatic carbocycles. The SMILES string of the molecule is O=C(O)c1cc(NC(=O)[C@@H](Cc2ccccc2F)NC(=O)C2C3c4ccccc4C(c4ccccc43)C2C(=O)NCC23CC4CC(CC(C4)C2)C3)cc(C(=O)O)c1. The molecule has 5 N–H and O–H groups in total. The summed E-state index contributed by atoms with van der Waals surface area (Å²) < 4.78 is 15.2. The van der Waals surface area contributed by atoms with E-state index in [2.05, 4.69) is 16.0 Å². The molecule has 4 saturated carbocycles. The lowest BCUT2D eigenvalue weighted by molar-refractivity contribution is -0.139. The van der Waals surface area contributed by atoms with Crippen LogP contribution >= 0.6 is 0 Å². The van der Waals surface area contributed by atoms with E-state index in [0.717, 1.165) is 59.7 Å². The van der Waals surface area contributed by atoms with Crippen molar-refractivity contribution in [1.29, 1.82) is 0 Å². The van der Waals surface area contributed by atoms with Gasteiger partial charge in [0, 0.05) is 30.5 Å². The van der Waals surface area contributed by atoms with Crippen LogP contribution in [0.5, 0.6) is 0 Å². The average Bonchev–Trinajstić information content (AvgIpc) is 3.19. The number of benzene rings is 4. The van der Waals surface area contributed by atoms with Crippen LogP contribution in [0.4, 0.5) is 10.1 Å². The highest BCUT2D eigenvalue weighted by atomic mass is 19.1. The summed E-state index contributed by atoms with van der Waals surface area (Å²) >= 11 is 0. The molecule has 6 bridgehead atoms. The number of carboxylic acid groups (broad SMARTS) is 2. The summed E-state index contributed by atoms with van der Waals surface area (Å²) in [5.74, 6) is -5.52. The Bertz CT molecular complexity index is 2210. The van der Waals surface area contributed by atoms with Crippen LogP contribution in [0, 0.1) is 40.8 Å². The molecular formula is C46H44FN3O7. The van der Waals surface area contributed by atoms with Crippen molar-refractivity contribution in [3.05, 3.63) is 136 Å². The molecule has 57 heavy (non-hydrogen) atoms. The molecule has 0 saturated heterocycles. The standard InChI is InChI=1S/C46H44FN3O7/c47-35-12-6-1-7-27(35)19-36(41(51)49-30-17-28(44(54)55)16-29(18-30)45(56)57)50-43(53)40-38-33-10-4-2-8-31(33)37(32-9-3-5-11-34(32)38)39(40)42(52)48-23-46-20-24-13-25(21-46)15-26(14-24)22-46/h1-12,16-18,24-26,36-40H,13-15,19-23H2,(H,48,52)(H,49,51)(H,50,53)(H,54,55)(H,56,57)/t24?,25?,26?,36-,37?,38?,39?,40?,46?/m1/s1. The maximum absolute atomic E-state index is 15.2. The molecule has 11 heteroatoms. The first-order chi connectivity index (χ1) is 27.5. The lowest BCUT2D eigenvalue weighted by atomic mass is 9.49. The molecule has 292 valence electrons. The quantitative estimate of drug-likeness (QED) is 0.113. The van der Waals surface area contributed by atoms with Gasteiger partial charge in [0.1, 0.15) is 11.9 Å². The third kappa shape index (κ3) is 6.66. The number of carboxylic acids is 2. The van der Waals surface area contributed by atoms with Crippen molar-refractivity contribution in [3.63, 3.8) is 0 Å². The molecule has 0 heterocycles. The number of rotatable bonds is 11. The highest BCUT2D eigenvalue weighted by Crippen LogP contribution is 2.61. The number of nitrogens with one attached hydrogen (secondary N) is 3. The Hall–Kier alpha value is -5.84. The number of carbonyl (C=O) groups is 5. The molecule has 10 nitrogen and oxygen atoms in total. The highest BCUT2D eigenvalue weighted by molar-refractivity contribution is 6.02. The molecular weight excluding hydrogens is 726 g/mol. The van der Waals surface area contributed by atoms with E-state index in [4.69, 9.17) is 0 Å². The average molecular weight is 770 g/mol. The van der Waals surface area contributed by atoms with E-state index in [1.54, 1.807) is 6.07 Å². The van der Waals surface area contributed by atoms with Crippen molar-refractivity contribution in [1.82, 2.24) is 10.6 Å². The van der Waals surface area contributed by atoms with Crippen LogP contribution in [0.1, 0.15) is 98.9 Å². The fourth-order valence-corrected chi connectivity index (χ4v) is 11.7. The summed E-state index contributed by atoms with van der Waals surface area (Å²) in [4.78, 5) is 67.8. The monoisotopic (exact) mass is 769 g/mol. The van der Waals surface area contributed by atoms with E-state index in [1.165, 1.54) is 37.5 Å². The van der Waals surface area contributed by atoms with E-state index in [9.17, 15) is 29.4 Å². The van der Waals surface area contributed by atoms with Gasteiger partial charge in [0.25, 0.3) is 0 Å². The number of hydrogen-bond acceptors (Lipinski definition) is 5. The summed E-state index contributed by atoms with van der Waals surface area (Å²) in [7, 11) is 0. The van der Waals surface area contributed by atoms with Crippen molar-refractivity contribution in [2.24, 2.45) is 35.0 Å². The molecule has 4 fully saturated rings. The van der Waals surface area contributed by atoms with Gasteiger partial charge in [-0.3, -0.25) is 14.4 Å². The Kier molecular flexibility index (Phi) is 9.21. The number of carbonyl (C=O) groups excluding carboxylic acids is 3. The van der Waals surface area contributed by atoms with E-state index in [0.29, 0.717) is 24.3 Å². The van der Waals surface area contributed by atoms with Crippen LogP contribution in [-0.4, -0.2) is 52.5 Å². The zero-order valence-corrected chi connectivity index (χ0v) is 31.2. The minimum absolute atomic E-state index is 0.0625. The van der Waals surface area contributed by atoms with Crippen molar-refractivity contribution < 1.29 is 38.6 Å². The lowest BCUT2D eigenvalue weighted by Crippen LogP contribution is -2.57. The van der Waals surface area contributed by atoms with Gasteiger partial charge in [-0.1, -0.05) is 66.7 Å². The summed E-state index contributed by atoms with van der Waals surface area (Å²) in [6.07, 6.45) is 6.91. The molecule has 3 atom stereocenters. The number of anilines is 1. The molecule has 0 radical (unpaired) electrons. The first-order valence-corrected chi connectivity index (χ1v) is 19.9. The van der Waals surface area contributed by atoms with Crippen LogP contribution in [0.3, 0.4) is 0 Å². The number of fused-ring (bicyclic) bond motifs is 1. The topological polar surface area (TPSA) is 162 Å². The summed E-state index contributed by atoms with van der Waals surface area (Å²) in [6, 6.07) is 23.5. The first-order valence-electron chi connectivity index (χ1n) is 19.9. The van der Waals surface area contributed by atoms with Crippen LogP contribution in [-0.2, 0) is 20.8 Å². The van der Waals surface area contributed by atoms with Gasteiger partial charge < -0.3 is 26.2 Å². The maximum atomic E-state index is 15.2. The first kappa shape index (κ1) is 36.8. The molecule has 0 aromatic heterocycles. The van der Waals surface area contributed by atoms with Crippen LogP contribution in [0.2, 0.25) is 0 Å². The van der Waals surface area contributed by atoms with Gasteiger partial charge in [0.2, 0.25) is 17.7 Å². The number of halogens is 1. The van der Waals surface area contributed by atoms with Crippen molar-refractivity contribution in [3.8, 4) is 0 Å². The van der Waals surface area contributed by atoms with Crippen molar-refractivity contribution in [2.45, 2.75) is 62.8 Å². The van der Waals surface area contributed by atoms with E-state index >= 15 is 9.18 Å². The summed E-state index contributed by atoms with van der Waals surface area (Å²) in [6.45, 7) is 0.562. The molecule has 0 spiro atoms. The van der Waals surface area contributed by atoms with Crippen molar-refractivity contribution >= 4 is 35.3 Å². The smallest absolute Gasteiger partial charge is 0.335 e. The van der Waals surface area contributed by atoms with E-state index in [1.807, 2.05) is 48.5 Å². The lowest BCUT2D eigenvalue weighted by Gasteiger charge is -2.57. The number of aromatic carboxylic acids is 2. The molecule has 11 rings (SSSR count). The van der Waals surface area contributed by atoms with Gasteiger partial charge in [-0.15, -0.1) is 0 Å². The van der Waals surface area contributed by atoms with E-state index in [-0.39, 0.29) is 40.1 Å². The zero-order valence-electron chi connectivity index (χ0n) is 31.2. The van der Waals surface area contributed by atoms with Crippen LogP contribution in [0.15, 0.2) is 91.0 Å². The molecule has 7 aliphatic rings. The van der Waals surface area contributed by atoms with Crippen LogP contribution in [0.25, 0.3) is 0 Å². The third-order valence-electron chi connectivity index (χ3n) is 13.6. The molecule has 3 amide bonds.